The Labute approximate surface area is 133 Å². The summed E-state index contributed by atoms with van der Waals surface area (Å²) in [7, 11) is 0. The molecule has 0 aliphatic heterocycles. The quantitative estimate of drug-likeness (QED) is 0.597. The van der Waals surface area contributed by atoms with Gasteiger partial charge in [-0.1, -0.05) is 39.0 Å². The van der Waals surface area contributed by atoms with Crippen molar-refractivity contribution in [3.05, 3.63) is 42.2 Å². The molecule has 118 valence electrons. The Morgan fingerprint density at radius 3 is 2.32 bits per heavy atom. The Bertz CT molecular complexity index is 569. The topological polar surface area (TPSA) is 35.0 Å². The van der Waals surface area contributed by atoms with Crippen molar-refractivity contribution in [3.63, 3.8) is 0 Å². The first kappa shape index (κ1) is 16.5. The Balaban J connectivity index is 1.82. The molecule has 0 saturated heterocycles. The predicted molar refractivity (Wildman–Crippen MR) is 91.1 cm³/mol. The van der Waals surface area contributed by atoms with Gasteiger partial charge in [-0.15, -0.1) is 0 Å². The first-order valence-corrected chi connectivity index (χ1v) is 8.31. The number of pyridine rings is 2. The van der Waals surface area contributed by atoms with Crippen LogP contribution in [0.25, 0.3) is 11.4 Å². The summed E-state index contributed by atoms with van der Waals surface area (Å²) in [6.07, 6.45) is 11.3. The Morgan fingerprint density at radius 2 is 1.55 bits per heavy atom. The molecule has 0 saturated carbocycles. The van der Waals surface area contributed by atoms with Gasteiger partial charge in [-0.25, -0.2) is 0 Å². The Morgan fingerprint density at radius 1 is 0.864 bits per heavy atom. The minimum Gasteiger partial charge on any atom is -0.493 e. The van der Waals surface area contributed by atoms with E-state index in [0.717, 1.165) is 30.2 Å². The van der Waals surface area contributed by atoms with Crippen LogP contribution in [0.5, 0.6) is 5.75 Å². The number of aromatic nitrogens is 2. The fraction of sp³-hybridized carbons (Fsp3) is 0.474. The van der Waals surface area contributed by atoms with Crippen molar-refractivity contribution in [3.8, 4) is 17.1 Å². The molecule has 0 amide bonds. The standard InChI is InChI=1S/C19H26N2O/c1-3-4-5-6-7-8-13-22-17-10-12-21-19(15-17)18-14-16(2)9-11-20-18/h9-12,14-15H,3-8,13H2,1-2H3. The van der Waals surface area contributed by atoms with Crippen molar-refractivity contribution in [2.75, 3.05) is 6.61 Å². The molecule has 0 atom stereocenters. The molecule has 0 spiro atoms. The zero-order valence-electron chi connectivity index (χ0n) is 13.7. The van der Waals surface area contributed by atoms with E-state index in [9.17, 15) is 0 Å². The van der Waals surface area contributed by atoms with Gasteiger partial charge in [0.2, 0.25) is 0 Å². The molecule has 0 radical (unpaired) electrons. The maximum absolute atomic E-state index is 5.84. The van der Waals surface area contributed by atoms with E-state index in [1.165, 1.54) is 37.7 Å². The lowest BCUT2D eigenvalue weighted by Gasteiger charge is -2.08. The molecule has 3 heteroatoms. The van der Waals surface area contributed by atoms with Crippen LogP contribution in [0.4, 0.5) is 0 Å². The van der Waals surface area contributed by atoms with Crippen LogP contribution < -0.4 is 4.74 Å². The van der Waals surface area contributed by atoms with Gasteiger partial charge in [0.15, 0.2) is 0 Å². The number of hydrogen-bond acceptors (Lipinski definition) is 3. The van der Waals surface area contributed by atoms with Crippen LogP contribution in [-0.4, -0.2) is 16.6 Å². The highest BCUT2D eigenvalue weighted by Gasteiger charge is 2.03. The third kappa shape index (κ3) is 5.47. The first-order chi connectivity index (χ1) is 10.8. The molecule has 0 bridgehead atoms. The molecule has 2 heterocycles. The zero-order chi connectivity index (χ0) is 15.6. The van der Waals surface area contributed by atoms with Gasteiger partial charge in [0.25, 0.3) is 0 Å². The van der Waals surface area contributed by atoms with E-state index < -0.39 is 0 Å². The fourth-order valence-electron chi connectivity index (χ4n) is 2.39. The molecule has 22 heavy (non-hydrogen) atoms. The van der Waals surface area contributed by atoms with E-state index in [2.05, 4.69) is 23.8 Å². The summed E-state index contributed by atoms with van der Waals surface area (Å²) in [5.41, 5.74) is 2.94. The molecular weight excluding hydrogens is 272 g/mol. The van der Waals surface area contributed by atoms with Gasteiger partial charge in [0.1, 0.15) is 5.75 Å². The van der Waals surface area contributed by atoms with Crippen LogP contribution in [0.1, 0.15) is 51.0 Å². The highest BCUT2D eigenvalue weighted by atomic mass is 16.5. The van der Waals surface area contributed by atoms with Crippen molar-refractivity contribution >= 4 is 0 Å². The molecule has 0 aliphatic carbocycles. The summed E-state index contributed by atoms with van der Waals surface area (Å²) < 4.78 is 5.84. The molecule has 3 nitrogen and oxygen atoms in total. The lowest BCUT2D eigenvalue weighted by atomic mass is 10.1. The van der Waals surface area contributed by atoms with Crippen molar-refractivity contribution in [2.45, 2.75) is 52.4 Å². The lowest BCUT2D eigenvalue weighted by Crippen LogP contribution is -1.98. The second-order valence-corrected chi connectivity index (χ2v) is 5.71. The largest absolute Gasteiger partial charge is 0.493 e. The van der Waals surface area contributed by atoms with Crippen LogP contribution in [0.3, 0.4) is 0 Å². The molecule has 2 aromatic rings. The summed E-state index contributed by atoms with van der Waals surface area (Å²) in [5.74, 6) is 0.877. The van der Waals surface area contributed by atoms with Gasteiger partial charge >= 0.3 is 0 Å². The summed E-state index contributed by atoms with van der Waals surface area (Å²) in [6.45, 7) is 5.08. The van der Waals surface area contributed by atoms with Crippen LogP contribution >= 0.6 is 0 Å². The van der Waals surface area contributed by atoms with Gasteiger partial charge in [0, 0.05) is 18.5 Å². The second-order valence-electron chi connectivity index (χ2n) is 5.71. The highest BCUT2D eigenvalue weighted by molar-refractivity contribution is 5.56. The molecule has 2 rings (SSSR count). The summed E-state index contributed by atoms with van der Waals surface area (Å²) in [6, 6.07) is 7.91. The average Bonchev–Trinajstić information content (AvgIpc) is 2.54. The number of aryl methyl sites for hydroxylation is 1. The van der Waals surface area contributed by atoms with Crippen molar-refractivity contribution < 1.29 is 4.74 Å². The van der Waals surface area contributed by atoms with Gasteiger partial charge < -0.3 is 4.74 Å². The molecule has 2 aromatic heterocycles. The van der Waals surface area contributed by atoms with E-state index in [0.29, 0.717) is 0 Å². The third-order valence-electron chi connectivity index (χ3n) is 3.68. The lowest BCUT2D eigenvalue weighted by molar-refractivity contribution is 0.304. The number of nitrogens with zero attached hydrogens (tertiary/aromatic N) is 2. The van der Waals surface area contributed by atoms with Gasteiger partial charge in [-0.2, -0.15) is 0 Å². The Hall–Kier alpha value is -1.90. The van der Waals surface area contributed by atoms with Crippen molar-refractivity contribution in [1.29, 1.82) is 0 Å². The van der Waals surface area contributed by atoms with Gasteiger partial charge in [-0.05, 0) is 37.1 Å². The second kappa shape index (κ2) is 9.19. The number of rotatable bonds is 9. The Kier molecular flexibility index (Phi) is 6.88. The normalized spacial score (nSPS) is 10.6. The van der Waals surface area contributed by atoms with Crippen LogP contribution in [-0.2, 0) is 0 Å². The number of unbranched alkanes of at least 4 members (excludes halogenated alkanes) is 5. The van der Waals surface area contributed by atoms with E-state index in [1.54, 1.807) is 6.20 Å². The molecule has 0 aliphatic rings. The zero-order valence-corrected chi connectivity index (χ0v) is 13.7. The molecule has 0 aromatic carbocycles. The van der Waals surface area contributed by atoms with E-state index >= 15 is 0 Å². The van der Waals surface area contributed by atoms with Crippen LogP contribution in [0.15, 0.2) is 36.7 Å². The van der Waals surface area contributed by atoms with E-state index in [-0.39, 0.29) is 0 Å². The first-order valence-electron chi connectivity index (χ1n) is 8.31. The van der Waals surface area contributed by atoms with E-state index in [1.807, 2.05) is 30.5 Å². The fourth-order valence-corrected chi connectivity index (χ4v) is 2.39. The van der Waals surface area contributed by atoms with E-state index in [4.69, 9.17) is 4.74 Å². The maximum Gasteiger partial charge on any atom is 0.123 e. The number of hydrogen-bond donors (Lipinski definition) is 0. The maximum atomic E-state index is 5.84. The SMILES string of the molecule is CCCCCCCCOc1ccnc(-c2cc(C)ccn2)c1. The average molecular weight is 298 g/mol. The third-order valence-corrected chi connectivity index (χ3v) is 3.68. The minimum atomic E-state index is 0.775. The highest BCUT2D eigenvalue weighted by Crippen LogP contribution is 2.20. The molecule has 0 N–H and O–H groups in total. The molecule has 0 fully saturated rings. The predicted octanol–water partition coefficient (Wildman–Crippen LogP) is 5.19. The smallest absolute Gasteiger partial charge is 0.123 e. The van der Waals surface area contributed by atoms with Crippen molar-refractivity contribution in [2.24, 2.45) is 0 Å². The van der Waals surface area contributed by atoms with Crippen molar-refractivity contribution in [1.82, 2.24) is 9.97 Å². The summed E-state index contributed by atoms with van der Waals surface area (Å²) in [5, 5.41) is 0. The monoisotopic (exact) mass is 298 g/mol. The van der Waals surface area contributed by atoms with Crippen LogP contribution in [0, 0.1) is 6.92 Å². The van der Waals surface area contributed by atoms with Gasteiger partial charge in [0.05, 0.1) is 18.0 Å². The molecule has 0 unspecified atom stereocenters. The van der Waals surface area contributed by atoms with Gasteiger partial charge in [-0.3, -0.25) is 9.97 Å². The minimum absolute atomic E-state index is 0.775. The molecular formula is C19H26N2O. The van der Waals surface area contributed by atoms with Crippen LogP contribution in [0.2, 0.25) is 0 Å². The number of ether oxygens (including phenoxy) is 1. The summed E-state index contributed by atoms with van der Waals surface area (Å²) in [4.78, 5) is 8.76. The summed E-state index contributed by atoms with van der Waals surface area (Å²) >= 11 is 0.